The van der Waals surface area contributed by atoms with E-state index in [1.807, 2.05) is 16.9 Å². The van der Waals surface area contributed by atoms with Crippen molar-refractivity contribution >= 4 is 17.7 Å². The number of aromatic carboxylic acids is 1. The molecule has 1 N–H and O–H groups in total. The van der Waals surface area contributed by atoms with Gasteiger partial charge < -0.3 is 5.11 Å². The maximum Gasteiger partial charge on any atom is 0.338 e. The average Bonchev–Trinajstić information content (AvgIpc) is 2.85. The van der Waals surface area contributed by atoms with Gasteiger partial charge in [-0.3, -0.25) is 4.68 Å². The molecular weight excluding hydrogens is 262 g/mol. The number of nitrogens with zero attached hydrogens (tertiary/aromatic N) is 3. The van der Waals surface area contributed by atoms with Crippen LogP contribution in [0, 0.1) is 0 Å². The molecule has 0 aliphatic heterocycles. The number of aromatic nitrogens is 3. The van der Waals surface area contributed by atoms with Crippen LogP contribution >= 0.6 is 11.8 Å². The van der Waals surface area contributed by atoms with Crippen molar-refractivity contribution in [2.75, 3.05) is 0 Å². The van der Waals surface area contributed by atoms with Crippen LogP contribution in [0.3, 0.4) is 0 Å². The maximum atomic E-state index is 11.1. The summed E-state index contributed by atoms with van der Waals surface area (Å²) in [6.45, 7) is 4.12. The number of hydrogen-bond acceptors (Lipinski definition) is 4. The number of carboxylic acid groups (broad SMARTS) is 1. The summed E-state index contributed by atoms with van der Waals surface area (Å²) in [5.41, 5.74) is 1.15. The van der Waals surface area contributed by atoms with Gasteiger partial charge >= 0.3 is 5.97 Å². The Morgan fingerprint density at radius 2 is 2.26 bits per heavy atom. The first kappa shape index (κ1) is 13.6. The van der Waals surface area contributed by atoms with Crippen LogP contribution in [0.1, 0.15) is 35.9 Å². The molecule has 0 amide bonds. The minimum Gasteiger partial charge on any atom is -0.478 e. The van der Waals surface area contributed by atoms with Gasteiger partial charge in [0.2, 0.25) is 0 Å². The lowest BCUT2D eigenvalue weighted by Crippen LogP contribution is -2.02. The van der Waals surface area contributed by atoms with Crippen LogP contribution in [0.5, 0.6) is 0 Å². The van der Waals surface area contributed by atoms with Gasteiger partial charge in [0.15, 0.2) is 0 Å². The molecule has 0 bridgehead atoms. The zero-order valence-corrected chi connectivity index (χ0v) is 11.6. The van der Waals surface area contributed by atoms with Crippen molar-refractivity contribution in [3.8, 4) is 0 Å². The summed E-state index contributed by atoms with van der Waals surface area (Å²) < 4.78 is 1.88. The molecule has 0 aromatic carbocycles. The zero-order chi connectivity index (χ0) is 13.8. The SMILES string of the molecule is CC(C)n1ccc(CSc2ncccc2C(=O)O)n1. The third-order valence-electron chi connectivity index (χ3n) is 2.55. The van der Waals surface area contributed by atoms with E-state index in [0.717, 1.165) is 5.69 Å². The molecule has 19 heavy (non-hydrogen) atoms. The molecule has 0 atom stereocenters. The number of carboxylic acids is 1. The molecule has 6 heteroatoms. The van der Waals surface area contributed by atoms with Crippen LogP contribution in [0.25, 0.3) is 0 Å². The molecule has 100 valence electrons. The van der Waals surface area contributed by atoms with Crippen molar-refractivity contribution in [3.05, 3.63) is 41.9 Å². The van der Waals surface area contributed by atoms with Gasteiger partial charge in [0.1, 0.15) is 5.03 Å². The van der Waals surface area contributed by atoms with Crippen molar-refractivity contribution in [1.82, 2.24) is 14.8 Å². The summed E-state index contributed by atoms with van der Waals surface area (Å²) >= 11 is 1.39. The molecule has 0 fully saturated rings. The van der Waals surface area contributed by atoms with E-state index in [2.05, 4.69) is 23.9 Å². The highest BCUT2D eigenvalue weighted by atomic mass is 32.2. The lowest BCUT2D eigenvalue weighted by Gasteiger charge is -2.04. The summed E-state index contributed by atoms with van der Waals surface area (Å²) in [6.07, 6.45) is 3.53. The Labute approximate surface area is 115 Å². The van der Waals surface area contributed by atoms with Crippen molar-refractivity contribution in [2.45, 2.75) is 30.7 Å². The number of carbonyl (C=O) groups is 1. The Morgan fingerprint density at radius 1 is 1.47 bits per heavy atom. The fraction of sp³-hybridized carbons (Fsp3) is 0.308. The fourth-order valence-electron chi connectivity index (χ4n) is 1.55. The van der Waals surface area contributed by atoms with Crippen LogP contribution in [0.4, 0.5) is 0 Å². The average molecular weight is 277 g/mol. The van der Waals surface area contributed by atoms with Gasteiger partial charge in [-0.1, -0.05) is 11.8 Å². The Bertz CT molecular complexity index is 581. The molecule has 2 heterocycles. The predicted octanol–water partition coefficient (Wildman–Crippen LogP) is 2.85. The standard InChI is InChI=1S/C13H15N3O2S/c1-9(2)16-7-5-10(15-16)8-19-12-11(13(17)18)4-3-6-14-12/h3-7,9H,8H2,1-2H3,(H,17,18). The fourth-order valence-corrected chi connectivity index (χ4v) is 2.44. The second kappa shape index (κ2) is 5.88. The molecule has 2 aromatic heterocycles. The van der Waals surface area contributed by atoms with Crippen LogP contribution in [-0.4, -0.2) is 25.8 Å². The first-order valence-electron chi connectivity index (χ1n) is 5.93. The first-order valence-corrected chi connectivity index (χ1v) is 6.91. The van der Waals surface area contributed by atoms with Crippen molar-refractivity contribution in [1.29, 1.82) is 0 Å². The molecule has 0 unspecified atom stereocenters. The molecular formula is C13H15N3O2S. The second-order valence-electron chi connectivity index (χ2n) is 4.33. The highest BCUT2D eigenvalue weighted by molar-refractivity contribution is 7.98. The van der Waals surface area contributed by atoms with E-state index in [-0.39, 0.29) is 5.56 Å². The number of pyridine rings is 1. The topological polar surface area (TPSA) is 68.0 Å². The molecule has 0 aliphatic rings. The Morgan fingerprint density at radius 3 is 2.89 bits per heavy atom. The van der Waals surface area contributed by atoms with Crippen molar-refractivity contribution in [3.63, 3.8) is 0 Å². The monoisotopic (exact) mass is 277 g/mol. The summed E-state index contributed by atoms with van der Waals surface area (Å²) in [5.74, 6) is -0.347. The Kier molecular flexibility index (Phi) is 4.21. The van der Waals surface area contributed by atoms with Crippen molar-refractivity contribution < 1.29 is 9.90 Å². The summed E-state index contributed by atoms with van der Waals surface area (Å²) in [7, 11) is 0. The number of hydrogen-bond donors (Lipinski definition) is 1. The van der Waals surface area contributed by atoms with Crippen LogP contribution in [0.2, 0.25) is 0 Å². The van der Waals surface area contributed by atoms with E-state index in [1.165, 1.54) is 11.8 Å². The normalized spacial score (nSPS) is 10.9. The van der Waals surface area contributed by atoms with E-state index in [0.29, 0.717) is 16.8 Å². The smallest absolute Gasteiger partial charge is 0.338 e. The molecule has 0 saturated carbocycles. The van der Waals surface area contributed by atoms with Gasteiger partial charge in [-0.15, -0.1) is 0 Å². The van der Waals surface area contributed by atoms with Gasteiger partial charge in [-0.05, 0) is 32.0 Å². The van der Waals surface area contributed by atoms with Crippen LogP contribution in [-0.2, 0) is 5.75 Å². The van der Waals surface area contributed by atoms with Crippen LogP contribution < -0.4 is 0 Å². The minimum atomic E-state index is -0.955. The first-order chi connectivity index (χ1) is 9.08. The maximum absolute atomic E-state index is 11.1. The predicted molar refractivity (Wildman–Crippen MR) is 73.4 cm³/mol. The number of thioether (sulfide) groups is 1. The van der Waals surface area contributed by atoms with Crippen LogP contribution in [0.15, 0.2) is 35.6 Å². The molecule has 0 radical (unpaired) electrons. The van der Waals surface area contributed by atoms with Gasteiger partial charge in [-0.25, -0.2) is 9.78 Å². The van der Waals surface area contributed by atoms with Crippen molar-refractivity contribution in [2.24, 2.45) is 0 Å². The summed E-state index contributed by atoms with van der Waals surface area (Å²) in [5, 5.41) is 14.0. The number of rotatable bonds is 5. The second-order valence-corrected chi connectivity index (χ2v) is 5.29. The third kappa shape index (κ3) is 3.35. The van der Waals surface area contributed by atoms with Gasteiger partial charge in [0, 0.05) is 24.2 Å². The molecule has 2 rings (SSSR count). The Hall–Kier alpha value is -1.82. The lowest BCUT2D eigenvalue weighted by atomic mass is 10.3. The van der Waals surface area contributed by atoms with Gasteiger partial charge in [0.25, 0.3) is 0 Å². The minimum absolute atomic E-state index is 0.232. The molecule has 2 aromatic rings. The Balaban J connectivity index is 2.08. The van der Waals surface area contributed by atoms with E-state index in [9.17, 15) is 4.79 Å². The van der Waals surface area contributed by atoms with E-state index in [4.69, 9.17) is 5.11 Å². The summed E-state index contributed by atoms with van der Waals surface area (Å²) in [4.78, 5) is 15.2. The third-order valence-corrected chi connectivity index (χ3v) is 3.59. The quantitative estimate of drug-likeness (QED) is 0.851. The highest BCUT2D eigenvalue weighted by Crippen LogP contribution is 2.23. The zero-order valence-electron chi connectivity index (χ0n) is 10.8. The molecule has 5 nitrogen and oxygen atoms in total. The van der Waals surface area contributed by atoms with Gasteiger partial charge in [-0.2, -0.15) is 5.10 Å². The van der Waals surface area contributed by atoms with E-state index < -0.39 is 5.97 Å². The van der Waals surface area contributed by atoms with E-state index in [1.54, 1.807) is 18.3 Å². The van der Waals surface area contributed by atoms with E-state index >= 15 is 0 Å². The summed E-state index contributed by atoms with van der Waals surface area (Å²) in [6, 6.07) is 5.45. The molecule has 0 aliphatic carbocycles. The largest absolute Gasteiger partial charge is 0.478 e. The highest BCUT2D eigenvalue weighted by Gasteiger charge is 2.11. The molecule has 0 saturated heterocycles. The molecule has 0 spiro atoms. The lowest BCUT2D eigenvalue weighted by molar-refractivity contribution is 0.0692. The van der Waals surface area contributed by atoms with Gasteiger partial charge in [0.05, 0.1) is 11.3 Å².